The molecule has 0 atom stereocenters. The summed E-state index contributed by atoms with van der Waals surface area (Å²) >= 11 is 0. The van der Waals surface area contributed by atoms with Crippen molar-refractivity contribution in [3.8, 4) is 24.7 Å². The fourth-order valence-electron chi connectivity index (χ4n) is 1.67. The van der Waals surface area contributed by atoms with Crippen LogP contribution in [0.5, 0.6) is 0 Å². The molecule has 1 aromatic heterocycles. The van der Waals surface area contributed by atoms with E-state index in [2.05, 4.69) is 11.8 Å². The molecule has 1 aromatic rings. The van der Waals surface area contributed by atoms with Gasteiger partial charge in [0.1, 0.15) is 14.1 Å². The maximum atomic E-state index is 5.38. The Bertz CT molecular complexity index is 605. The van der Waals surface area contributed by atoms with Gasteiger partial charge in [0, 0.05) is 13.0 Å². The molecule has 90 valence electrons. The Morgan fingerprint density at radius 2 is 2.00 bits per heavy atom. The Labute approximate surface area is 109 Å². The quantitative estimate of drug-likeness (QED) is 0.418. The predicted octanol–water partition coefficient (Wildman–Crippen LogP) is 1.48. The Morgan fingerprint density at radius 3 is 2.50 bits per heavy atom. The van der Waals surface area contributed by atoms with Crippen molar-refractivity contribution in [3.63, 3.8) is 0 Å². The standard InChI is InChI=1S/C16H18N2/c1-7-13(3)11-17(5)14(4)16-10-9-15(8-2)12-18(16)6/h1-2,9-12H,3-6H3/q+2. The smallest absolute Gasteiger partial charge is 0.199 e. The minimum absolute atomic E-state index is 0.868. The molecule has 0 bridgehead atoms. The van der Waals surface area contributed by atoms with E-state index in [1.165, 1.54) is 0 Å². The Balaban J connectivity index is 3.28. The summed E-state index contributed by atoms with van der Waals surface area (Å²) in [5.74, 6) is 5.23. The second-order valence-corrected chi connectivity index (χ2v) is 4.21. The number of nitrogens with zero attached hydrogens (tertiary/aromatic N) is 2. The molecule has 0 saturated heterocycles. The summed E-state index contributed by atoms with van der Waals surface area (Å²) in [6.45, 7) is 3.95. The van der Waals surface area contributed by atoms with E-state index in [0.717, 1.165) is 22.5 Å². The van der Waals surface area contributed by atoms with E-state index >= 15 is 0 Å². The minimum atomic E-state index is 0.868. The van der Waals surface area contributed by atoms with E-state index < -0.39 is 0 Å². The van der Waals surface area contributed by atoms with Crippen LogP contribution in [0.1, 0.15) is 25.1 Å². The lowest BCUT2D eigenvalue weighted by Gasteiger charge is -1.99. The van der Waals surface area contributed by atoms with Crippen molar-refractivity contribution in [1.29, 1.82) is 0 Å². The first-order chi connectivity index (χ1) is 8.49. The summed E-state index contributed by atoms with van der Waals surface area (Å²) in [5.41, 5.74) is 3.96. The average molecular weight is 238 g/mol. The largest absolute Gasteiger partial charge is 0.272 e. The molecule has 1 heterocycles. The maximum Gasteiger partial charge on any atom is 0.272 e. The summed E-state index contributed by atoms with van der Waals surface area (Å²) < 4.78 is 4.03. The van der Waals surface area contributed by atoms with Gasteiger partial charge in [0.25, 0.3) is 5.69 Å². The van der Waals surface area contributed by atoms with Crippen LogP contribution < -0.4 is 4.57 Å². The zero-order chi connectivity index (χ0) is 13.7. The highest BCUT2D eigenvalue weighted by Crippen LogP contribution is 1.99. The van der Waals surface area contributed by atoms with E-state index in [-0.39, 0.29) is 0 Å². The van der Waals surface area contributed by atoms with Gasteiger partial charge in [-0.25, -0.2) is 0 Å². The van der Waals surface area contributed by atoms with Gasteiger partial charge in [-0.05, 0) is 13.0 Å². The maximum absolute atomic E-state index is 5.38. The third kappa shape index (κ3) is 3.09. The van der Waals surface area contributed by atoms with Gasteiger partial charge in [-0.2, -0.15) is 9.14 Å². The lowest BCUT2D eigenvalue weighted by molar-refractivity contribution is -0.674. The summed E-state index contributed by atoms with van der Waals surface area (Å²) in [4.78, 5) is 0. The van der Waals surface area contributed by atoms with Gasteiger partial charge in [-0.15, -0.1) is 12.8 Å². The predicted molar refractivity (Wildman–Crippen MR) is 74.1 cm³/mol. The van der Waals surface area contributed by atoms with E-state index in [1.807, 2.05) is 61.6 Å². The molecule has 0 N–H and O–H groups in total. The zero-order valence-electron chi connectivity index (χ0n) is 11.4. The van der Waals surface area contributed by atoms with Crippen LogP contribution in [0.15, 0.2) is 30.1 Å². The molecule has 0 saturated carbocycles. The molecule has 0 radical (unpaired) electrons. The van der Waals surface area contributed by atoms with Crippen LogP contribution in [0.4, 0.5) is 0 Å². The molecule has 1 rings (SSSR count). The highest BCUT2D eigenvalue weighted by atomic mass is 15.0. The summed E-state index contributed by atoms with van der Waals surface area (Å²) in [7, 11) is 3.95. The molecule has 2 heteroatoms. The SMILES string of the molecule is C#CC(C)=C[N+](C)=C(C)c1ccc(C#C)c[n+]1C. The van der Waals surface area contributed by atoms with Crippen molar-refractivity contribution < 1.29 is 9.14 Å². The number of terminal acetylenes is 2. The molecule has 0 unspecified atom stereocenters. The summed E-state index contributed by atoms with van der Waals surface area (Å²) in [5, 5.41) is 0. The molecule has 2 nitrogen and oxygen atoms in total. The number of rotatable bonds is 2. The van der Waals surface area contributed by atoms with Crippen LogP contribution in [-0.2, 0) is 7.05 Å². The minimum Gasteiger partial charge on any atom is -0.199 e. The van der Waals surface area contributed by atoms with E-state index in [4.69, 9.17) is 12.8 Å². The van der Waals surface area contributed by atoms with Gasteiger partial charge in [0.05, 0.1) is 11.1 Å². The fourth-order valence-corrected chi connectivity index (χ4v) is 1.67. The van der Waals surface area contributed by atoms with Crippen molar-refractivity contribution in [2.24, 2.45) is 7.05 Å². The molecule has 0 aliphatic rings. The number of aromatic nitrogens is 1. The number of allylic oxidation sites excluding steroid dienone is 1. The Hall–Kier alpha value is -2.32. The van der Waals surface area contributed by atoms with Gasteiger partial charge in [-0.3, -0.25) is 0 Å². The second-order valence-electron chi connectivity index (χ2n) is 4.21. The first-order valence-electron chi connectivity index (χ1n) is 5.67. The van der Waals surface area contributed by atoms with E-state index in [9.17, 15) is 0 Å². The van der Waals surface area contributed by atoms with Crippen LogP contribution in [0.25, 0.3) is 0 Å². The van der Waals surface area contributed by atoms with E-state index in [1.54, 1.807) is 0 Å². The monoisotopic (exact) mass is 238 g/mol. The van der Waals surface area contributed by atoms with Gasteiger partial charge >= 0.3 is 0 Å². The molecule has 18 heavy (non-hydrogen) atoms. The van der Waals surface area contributed by atoms with Gasteiger partial charge < -0.3 is 0 Å². The fraction of sp³-hybridized carbons (Fsp3) is 0.250. The second kappa shape index (κ2) is 5.84. The van der Waals surface area contributed by atoms with Crippen molar-refractivity contribution in [3.05, 3.63) is 41.4 Å². The van der Waals surface area contributed by atoms with Gasteiger partial charge in [-0.1, -0.05) is 11.8 Å². The van der Waals surface area contributed by atoms with Crippen molar-refractivity contribution >= 4 is 5.71 Å². The van der Waals surface area contributed by atoms with Crippen LogP contribution in [0.3, 0.4) is 0 Å². The van der Waals surface area contributed by atoms with E-state index in [0.29, 0.717) is 0 Å². The number of aryl methyl sites for hydroxylation is 1. The molecule has 0 spiro atoms. The average Bonchev–Trinajstić information content (AvgIpc) is 2.37. The molecule has 0 aliphatic heterocycles. The number of hydrogen-bond donors (Lipinski definition) is 0. The van der Waals surface area contributed by atoms with Crippen LogP contribution >= 0.6 is 0 Å². The van der Waals surface area contributed by atoms with Crippen LogP contribution in [0, 0.1) is 24.7 Å². The van der Waals surface area contributed by atoms with Crippen LogP contribution in [-0.4, -0.2) is 17.3 Å². The summed E-state index contributed by atoms with van der Waals surface area (Å²) in [6, 6.07) is 3.95. The van der Waals surface area contributed by atoms with Crippen molar-refractivity contribution in [2.75, 3.05) is 7.05 Å². The molecule has 0 amide bonds. The van der Waals surface area contributed by atoms with Crippen LogP contribution in [0.2, 0.25) is 0 Å². The summed E-state index contributed by atoms with van der Waals surface area (Å²) in [6.07, 6.45) is 14.6. The topological polar surface area (TPSA) is 6.89 Å². The van der Waals surface area contributed by atoms with Gasteiger partial charge in [0.15, 0.2) is 12.4 Å². The Kier molecular flexibility index (Phi) is 4.46. The lowest BCUT2D eigenvalue weighted by Crippen LogP contribution is -2.37. The van der Waals surface area contributed by atoms with Crippen molar-refractivity contribution in [2.45, 2.75) is 13.8 Å². The number of hydrogen-bond acceptors (Lipinski definition) is 0. The first-order valence-corrected chi connectivity index (χ1v) is 5.67. The number of pyridine rings is 1. The highest BCUT2D eigenvalue weighted by molar-refractivity contribution is 5.91. The van der Waals surface area contributed by atoms with Gasteiger partial charge in [0.2, 0.25) is 5.71 Å². The molecule has 0 aliphatic carbocycles. The van der Waals surface area contributed by atoms with Crippen molar-refractivity contribution in [1.82, 2.24) is 0 Å². The third-order valence-corrected chi connectivity index (χ3v) is 2.81. The molecule has 0 aromatic carbocycles. The molecular formula is C16H18N2+2. The Morgan fingerprint density at radius 1 is 1.33 bits per heavy atom. The first kappa shape index (κ1) is 13.7. The zero-order valence-corrected chi connectivity index (χ0v) is 11.4. The third-order valence-electron chi connectivity index (χ3n) is 2.81. The lowest BCUT2D eigenvalue weighted by atomic mass is 10.2. The normalized spacial score (nSPS) is 12.4. The highest BCUT2D eigenvalue weighted by Gasteiger charge is 2.17. The molecule has 0 fully saturated rings. The molecular weight excluding hydrogens is 220 g/mol.